The van der Waals surface area contributed by atoms with Crippen molar-refractivity contribution in [1.82, 2.24) is 19.7 Å². The Hall–Kier alpha value is -2.10. The van der Waals surface area contributed by atoms with E-state index in [0.717, 1.165) is 0 Å². The van der Waals surface area contributed by atoms with E-state index in [4.69, 9.17) is 34.0 Å². The summed E-state index contributed by atoms with van der Waals surface area (Å²) in [6.45, 7) is 5.31. The van der Waals surface area contributed by atoms with E-state index >= 15 is 0 Å². The van der Waals surface area contributed by atoms with E-state index in [0.29, 0.717) is 17.6 Å². The maximum atomic E-state index is 11.2. The quantitative estimate of drug-likeness (QED) is 0.601. The van der Waals surface area contributed by atoms with Crippen LogP contribution in [0.3, 0.4) is 0 Å². The van der Waals surface area contributed by atoms with E-state index in [9.17, 15) is 8.42 Å². The molecule has 160 valence electrons. The van der Waals surface area contributed by atoms with Gasteiger partial charge in [-0.15, -0.1) is 5.10 Å². The van der Waals surface area contributed by atoms with Crippen molar-refractivity contribution in [2.24, 2.45) is 5.14 Å². The first-order valence-corrected chi connectivity index (χ1v) is 10.4. The summed E-state index contributed by atoms with van der Waals surface area (Å²) in [5.74, 6) is -0.461. The second-order valence-corrected chi connectivity index (χ2v) is 8.27. The summed E-state index contributed by atoms with van der Waals surface area (Å²) in [5, 5.41) is 9.82. The van der Waals surface area contributed by atoms with Crippen LogP contribution in [0, 0.1) is 0 Å². The number of anilines is 1. The van der Waals surface area contributed by atoms with Crippen LogP contribution in [0.15, 0.2) is 6.33 Å². The van der Waals surface area contributed by atoms with Crippen LogP contribution < -0.4 is 15.6 Å². The van der Waals surface area contributed by atoms with Crippen molar-refractivity contribution < 1.29 is 31.5 Å². The summed E-state index contributed by atoms with van der Waals surface area (Å²) >= 11 is 0. The minimum absolute atomic E-state index is 0.206. The molecular formula is C15H22N6O7S. The van der Waals surface area contributed by atoms with Crippen molar-refractivity contribution in [3.8, 4) is 5.88 Å². The molecule has 0 aromatic carbocycles. The monoisotopic (exact) mass is 430 g/mol. The number of hydrogen-bond acceptors (Lipinski definition) is 11. The number of hydrogen-bond donors (Lipinski definition) is 2. The van der Waals surface area contributed by atoms with Crippen molar-refractivity contribution in [3.63, 3.8) is 0 Å². The number of nitrogens with zero attached hydrogens (tertiary/aromatic N) is 4. The molecule has 2 aromatic heterocycles. The standard InChI is InChI=1S/C15H22N6O7S/c1-4-24-13-8-11(16)18-6-19-12(8)21(20-13)14-10-9(27-15(2,3)28-10)7(26-14)5-25-29(17,22)23/h6-7,9-10,14H,4-5H2,1-3H3,(H2,16,18,19)(H2,17,22,23)/t7-,9-,10-,14-/m1/s1. The van der Waals surface area contributed by atoms with Gasteiger partial charge in [-0.25, -0.2) is 19.8 Å². The van der Waals surface area contributed by atoms with Crippen molar-refractivity contribution >= 4 is 27.2 Å². The molecule has 29 heavy (non-hydrogen) atoms. The van der Waals surface area contributed by atoms with E-state index < -0.39 is 40.6 Å². The molecular weight excluding hydrogens is 408 g/mol. The molecule has 0 aliphatic carbocycles. The van der Waals surface area contributed by atoms with Gasteiger partial charge in [0.15, 0.2) is 17.7 Å². The molecule has 4 atom stereocenters. The first-order chi connectivity index (χ1) is 13.6. The van der Waals surface area contributed by atoms with Gasteiger partial charge in [0.05, 0.1) is 13.2 Å². The Bertz CT molecular complexity index is 1030. The lowest BCUT2D eigenvalue weighted by molar-refractivity contribution is -0.200. The SMILES string of the molecule is CCOc1nn([C@@H]2O[C@H](COS(N)(=O)=O)[C@H]3OC(C)(C)O[C@H]32)c2ncnc(N)c12. The van der Waals surface area contributed by atoms with Crippen LogP contribution in [0.2, 0.25) is 0 Å². The van der Waals surface area contributed by atoms with Crippen LogP contribution in [0.4, 0.5) is 5.82 Å². The largest absolute Gasteiger partial charge is 0.476 e. The fraction of sp³-hybridized carbons (Fsp3) is 0.667. The van der Waals surface area contributed by atoms with Gasteiger partial charge in [0, 0.05) is 0 Å². The normalized spacial score (nSPS) is 28.7. The Labute approximate surface area is 166 Å². The van der Waals surface area contributed by atoms with Gasteiger partial charge in [-0.1, -0.05) is 0 Å². The Morgan fingerprint density at radius 2 is 2.00 bits per heavy atom. The third-order valence-corrected chi connectivity index (χ3v) is 4.99. The van der Waals surface area contributed by atoms with Crippen LogP contribution in [0.25, 0.3) is 11.0 Å². The Morgan fingerprint density at radius 1 is 1.28 bits per heavy atom. The third kappa shape index (κ3) is 3.74. The second-order valence-electron chi connectivity index (χ2n) is 7.05. The number of nitrogen functional groups attached to an aromatic ring is 1. The Morgan fingerprint density at radius 3 is 2.69 bits per heavy atom. The maximum Gasteiger partial charge on any atom is 0.333 e. The zero-order chi connectivity index (χ0) is 21.0. The molecule has 0 saturated carbocycles. The van der Waals surface area contributed by atoms with Crippen molar-refractivity contribution in [1.29, 1.82) is 0 Å². The fourth-order valence-corrected chi connectivity index (χ4v) is 3.85. The van der Waals surface area contributed by atoms with Gasteiger partial charge < -0.3 is 24.7 Å². The summed E-state index contributed by atoms with van der Waals surface area (Å²) in [6, 6.07) is 0. The van der Waals surface area contributed by atoms with Crippen molar-refractivity contribution in [3.05, 3.63) is 6.33 Å². The number of nitrogens with two attached hydrogens (primary N) is 2. The predicted molar refractivity (Wildman–Crippen MR) is 97.7 cm³/mol. The average molecular weight is 430 g/mol. The van der Waals surface area contributed by atoms with Gasteiger partial charge in [0.1, 0.15) is 35.8 Å². The molecule has 2 aliphatic rings. The molecule has 4 heterocycles. The zero-order valence-corrected chi connectivity index (χ0v) is 16.8. The zero-order valence-electron chi connectivity index (χ0n) is 16.0. The van der Waals surface area contributed by atoms with Gasteiger partial charge >= 0.3 is 10.3 Å². The second kappa shape index (κ2) is 7.00. The van der Waals surface area contributed by atoms with Gasteiger partial charge in [-0.2, -0.15) is 8.42 Å². The van der Waals surface area contributed by atoms with Crippen LogP contribution in [0.5, 0.6) is 5.88 Å². The lowest BCUT2D eigenvalue weighted by Gasteiger charge is -2.24. The molecule has 4 rings (SSSR count). The van der Waals surface area contributed by atoms with Gasteiger partial charge in [0.25, 0.3) is 0 Å². The average Bonchev–Trinajstić information content (AvgIpc) is 3.22. The molecule has 2 fully saturated rings. The fourth-order valence-electron chi connectivity index (χ4n) is 3.53. The molecule has 2 saturated heterocycles. The maximum absolute atomic E-state index is 11.2. The summed E-state index contributed by atoms with van der Waals surface area (Å²) < 4.78 is 52.1. The summed E-state index contributed by atoms with van der Waals surface area (Å²) in [4.78, 5) is 8.24. The number of ether oxygens (including phenoxy) is 4. The molecule has 13 nitrogen and oxygen atoms in total. The smallest absolute Gasteiger partial charge is 0.333 e. The van der Waals surface area contributed by atoms with Crippen molar-refractivity contribution in [2.45, 2.75) is 51.1 Å². The molecule has 2 aromatic rings. The molecule has 2 aliphatic heterocycles. The number of aromatic nitrogens is 4. The topological polar surface area (TPSA) is 176 Å². The van der Waals surface area contributed by atoms with Gasteiger partial charge in [-0.05, 0) is 20.8 Å². The molecule has 14 heteroatoms. The van der Waals surface area contributed by atoms with E-state index in [-0.39, 0.29) is 18.3 Å². The van der Waals surface area contributed by atoms with Crippen molar-refractivity contribution in [2.75, 3.05) is 18.9 Å². The Kier molecular flexibility index (Phi) is 4.87. The molecule has 0 amide bonds. The molecule has 0 bridgehead atoms. The van der Waals surface area contributed by atoms with E-state index in [1.807, 2.05) is 6.92 Å². The predicted octanol–water partition coefficient (Wildman–Crippen LogP) is -0.555. The Balaban J connectivity index is 1.73. The molecule has 0 radical (unpaired) electrons. The van der Waals surface area contributed by atoms with E-state index in [1.54, 1.807) is 13.8 Å². The van der Waals surface area contributed by atoms with E-state index in [1.165, 1.54) is 11.0 Å². The lowest BCUT2D eigenvalue weighted by Crippen LogP contribution is -2.34. The first-order valence-electron chi connectivity index (χ1n) is 8.89. The number of fused-ring (bicyclic) bond motifs is 2. The van der Waals surface area contributed by atoms with E-state index in [2.05, 4.69) is 15.1 Å². The highest BCUT2D eigenvalue weighted by atomic mass is 32.2. The first kappa shape index (κ1) is 20.2. The van der Waals surface area contributed by atoms with Crippen LogP contribution in [-0.4, -0.2) is 65.5 Å². The van der Waals surface area contributed by atoms with Crippen LogP contribution >= 0.6 is 0 Å². The van der Waals surface area contributed by atoms with Crippen LogP contribution in [-0.2, 0) is 28.7 Å². The summed E-state index contributed by atoms with van der Waals surface area (Å²) in [6.07, 6.45) is -1.52. The summed E-state index contributed by atoms with van der Waals surface area (Å²) in [7, 11) is -4.15. The highest BCUT2D eigenvalue weighted by Crippen LogP contribution is 2.44. The molecule has 4 N–H and O–H groups in total. The minimum atomic E-state index is -4.15. The molecule has 0 unspecified atom stereocenters. The van der Waals surface area contributed by atoms with Crippen LogP contribution in [0.1, 0.15) is 27.0 Å². The highest BCUT2D eigenvalue weighted by Gasteiger charge is 2.57. The third-order valence-electron chi connectivity index (χ3n) is 4.53. The summed E-state index contributed by atoms with van der Waals surface area (Å²) in [5.41, 5.74) is 6.37. The number of rotatable bonds is 6. The molecule has 0 spiro atoms. The highest BCUT2D eigenvalue weighted by molar-refractivity contribution is 7.84. The van der Waals surface area contributed by atoms with Gasteiger partial charge in [-0.3, -0.25) is 4.18 Å². The lowest BCUT2D eigenvalue weighted by atomic mass is 10.1. The van der Waals surface area contributed by atoms with Gasteiger partial charge in [0.2, 0.25) is 5.88 Å². The minimum Gasteiger partial charge on any atom is -0.476 e.